The maximum absolute atomic E-state index is 12.7. The number of hydrogen-bond acceptors (Lipinski definition) is 2. The number of hydrogen-bond donors (Lipinski definition) is 1. The zero-order valence-corrected chi connectivity index (χ0v) is 11.7. The zero-order valence-electron chi connectivity index (χ0n) is 11.0. The molecule has 0 aliphatic carbocycles. The molecule has 0 radical (unpaired) electrons. The summed E-state index contributed by atoms with van der Waals surface area (Å²) in [5, 5.41) is 1.22. The molecule has 100 valence electrons. The van der Waals surface area contributed by atoms with E-state index in [1.807, 2.05) is 31.2 Å². The van der Waals surface area contributed by atoms with Crippen molar-refractivity contribution in [3.63, 3.8) is 0 Å². The molecule has 0 amide bonds. The summed E-state index contributed by atoms with van der Waals surface area (Å²) >= 11 is 6.20. The highest BCUT2D eigenvalue weighted by molar-refractivity contribution is 6.37. The summed E-state index contributed by atoms with van der Waals surface area (Å²) in [4.78, 5) is 19.9. The number of halogens is 1. The van der Waals surface area contributed by atoms with Gasteiger partial charge in [-0.1, -0.05) is 42.8 Å². The van der Waals surface area contributed by atoms with Crippen molar-refractivity contribution >= 4 is 28.4 Å². The Labute approximate surface area is 121 Å². The molecule has 2 heterocycles. The third-order valence-corrected chi connectivity index (χ3v) is 3.73. The first-order chi connectivity index (χ1) is 9.72. The molecule has 3 nitrogen and oxygen atoms in total. The second kappa shape index (κ2) is 5.10. The summed E-state index contributed by atoms with van der Waals surface area (Å²) < 4.78 is 0. The fourth-order valence-electron chi connectivity index (χ4n) is 2.39. The van der Waals surface area contributed by atoms with Crippen LogP contribution in [0.1, 0.15) is 28.4 Å². The van der Waals surface area contributed by atoms with E-state index in [9.17, 15) is 4.79 Å². The number of carbonyl (C=O) groups excluding carboxylic acids is 1. The van der Waals surface area contributed by atoms with Gasteiger partial charge in [0.05, 0.1) is 10.6 Å². The number of pyridine rings is 1. The van der Waals surface area contributed by atoms with Crippen LogP contribution in [0, 0.1) is 0 Å². The smallest absolute Gasteiger partial charge is 0.195 e. The second-order valence-electron chi connectivity index (χ2n) is 4.56. The van der Waals surface area contributed by atoms with E-state index in [4.69, 9.17) is 11.6 Å². The Hall–Kier alpha value is -2.13. The Bertz CT molecular complexity index is 792. The number of aryl methyl sites for hydroxylation is 1. The minimum absolute atomic E-state index is 0.0244. The van der Waals surface area contributed by atoms with Crippen LogP contribution in [-0.2, 0) is 6.42 Å². The Morgan fingerprint density at radius 1 is 1.25 bits per heavy atom. The summed E-state index contributed by atoms with van der Waals surface area (Å²) in [7, 11) is 0. The van der Waals surface area contributed by atoms with Gasteiger partial charge in [0.15, 0.2) is 5.78 Å². The van der Waals surface area contributed by atoms with Crippen LogP contribution in [0.5, 0.6) is 0 Å². The maximum Gasteiger partial charge on any atom is 0.195 e. The Morgan fingerprint density at radius 2 is 2.05 bits per heavy atom. The van der Waals surface area contributed by atoms with E-state index in [0.717, 1.165) is 17.5 Å². The summed E-state index contributed by atoms with van der Waals surface area (Å²) in [5.41, 5.74) is 2.96. The number of ketones is 1. The Balaban J connectivity index is 2.18. The van der Waals surface area contributed by atoms with E-state index in [1.165, 1.54) is 0 Å². The van der Waals surface area contributed by atoms with Gasteiger partial charge >= 0.3 is 0 Å². The lowest BCUT2D eigenvalue weighted by atomic mass is 9.97. The number of aromatic amines is 1. The molecule has 0 saturated heterocycles. The quantitative estimate of drug-likeness (QED) is 0.739. The molecule has 0 unspecified atom stereocenters. The van der Waals surface area contributed by atoms with Crippen molar-refractivity contribution in [3.8, 4) is 0 Å². The van der Waals surface area contributed by atoms with Crippen molar-refractivity contribution in [2.45, 2.75) is 13.3 Å². The van der Waals surface area contributed by atoms with E-state index in [2.05, 4.69) is 9.97 Å². The standard InChI is InChI=1S/C16H13ClN2O/c1-2-10-5-3-4-6-11(10)15(20)12-9-19-16-14(12)13(17)7-8-18-16/h3-9H,2H2,1H3,(H,18,19). The van der Waals surface area contributed by atoms with Gasteiger partial charge < -0.3 is 4.98 Å². The molecule has 0 aliphatic heterocycles. The molecule has 3 aromatic rings. The molecule has 2 aromatic heterocycles. The molecule has 1 N–H and O–H groups in total. The summed E-state index contributed by atoms with van der Waals surface area (Å²) in [6, 6.07) is 9.34. The Morgan fingerprint density at radius 3 is 2.85 bits per heavy atom. The van der Waals surface area contributed by atoms with Crippen LogP contribution >= 0.6 is 11.6 Å². The molecular weight excluding hydrogens is 272 g/mol. The van der Waals surface area contributed by atoms with Crippen molar-refractivity contribution in [1.82, 2.24) is 9.97 Å². The Kier molecular flexibility index (Phi) is 3.28. The lowest BCUT2D eigenvalue weighted by molar-refractivity contribution is 0.103. The minimum atomic E-state index is -0.0244. The second-order valence-corrected chi connectivity index (χ2v) is 4.97. The fourth-order valence-corrected chi connectivity index (χ4v) is 2.64. The number of H-pyrrole nitrogens is 1. The van der Waals surface area contributed by atoms with Gasteiger partial charge in [-0.25, -0.2) is 4.98 Å². The molecule has 0 atom stereocenters. The van der Waals surface area contributed by atoms with Crippen molar-refractivity contribution in [3.05, 3.63) is 64.4 Å². The van der Waals surface area contributed by atoms with E-state index >= 15 is 0 Å². The molecule has 0 bridgehead atoms. The molecular formula is C16H13ClN2O. The fraction of sp³-hybridized carbons (Fsp3) is 0.125. The topological polar surface area (TPSA) is 45.8 Å². The van der Waals surface area contributed by atoms with Gasteiger partial charge in [-0.05, 0) is 18.1 Å². The number of nitrogens with one attached hydrogen (secondary N) is 1. The largest absolute Gasteiger partial charge is 0.345 e. The lowest BCUT2D eigenvalue weighted by Gasteiger charge is -2.06. The van der Waals surface area contributed by atoms with Gasteiger partial charge in [-0.3, -0.25) is 4.79 Å². The molecule has 4 heteroatoms. The van der Waals surface area contributed by atoms with Crippen LogP contribution in [0.4, 0.5) is 0 Å². The van der Waals surface area contributed by atoms with Gasteiger partial charge in [-0.15, -0.1) is 0 Å². The van der Waals surface area contributed by atoms with Crippen LogP contribution in [0.15, 0.2) is 42.7 Å². The number of fused-ring (bicyclic) bond motifs is 1. The van der Waals surface area contributed by atoms with Crippen LogP contribution in [0.25, 0.3) is 11.0 Å². The highest BCUT2D eigenvalue weighted by atomic mass is 35.5. The maximum atomic E-state index is 12.7. The van der Waals surface area contributed by atoms with E-state index in [-0.39, 0.29) is 5.78 Å². The summed E-state index contributed by atoms with van der Waals surface area (Å²) in [5.74, 6) is -0.0244. The van der Waals surface area contributed by atoms with Crippen LogP contribution in [-0.4, -0.2) is 15.8 Å². The molecule has 0 aliphatic rings. The average molecular weight is 285 g/mol. The first-order valence-electron chi connectivity index (χ1n) is 6.46. The first kappa shape index (κ1) is 12.9. The molecule has 1 aromatic carbocycles. The predicted molar refractivity (Wildman–Crippen MR) is 80.4 cm³/mol. The SMILES string of the molecule is CCc1ccccc1C(=O)c1c[nH]c2nccc(Cl)c12. The van der Waals surface area contributed by atoms with Crippen LogP contribution in [0.3, 0.4) is 0 Å². The number of benzene rings is 1. The van der Waals surface area contributed by atoms with Crippen molar-refractivity contribution in [1.29, 1.82) is 0 Å². The number of nitrogens with zero attached hydrogens (tertiary/aromatic N) is 1. The van der Waals surface area contributed by atoms with E-state index in [0.29, 0.717) is 21.6 Å². The molecule has 0 spiro atoms. The van der Waals surface area contributed by atoms with Crippen molar-refractivity contribution in [2.24, 2.45) is 0 Å². The van der Waals surface area contributed by atoms with Gasteiger partial charge in [0.25, 0.3) is 0 Å². The van der Waals surface area contributed by atoms with Crippen LogP contribution < -0.4 is 0 Å². The highest BCUT2D eigenvalue weighted by Crippen LogP contribution is 2.27. The highest BCUT2D eigenvalue weighted by Gasteiger charge is 2.18. The average Bonchev–Trinajstić information content (AvgIpc) is 2.92. The van der Waals surface area contributed by atoms with Gasteiger partial charge in [0, 0.05) is 23.3 Å². The van der Waals surface area contributed by atoms with Gasteiger partial charge in [0.1, 0.15) is 5.65 Å². The molecule has 0 fully saturated rings. The summed E-state index contributed by atoms with van der Waals surface area (Å²) in [6.07, 6.45) is 4.12. The molecule has 3 rings (SSSR count). The third kappa shape index (κ3) is 2.00. The van der Waals surface area contributed by atoms with Crippen molar-refractivity contribution < 1.29 is 4.79 Å². The predicted octanol–water partition coefficient (Wildman–Crippen LogP) is 4.01. The first-order valence-corrected chi connectivity index (χ1v) is 6.84. The van der Waals surface area contributed by atoms with E-state index in [1.54, 1.807) is 18.5 Å². The zero-order chi connectivity index (χ0) is 14.1. The van der Waals surface area contributed by atoms with Crippen molar-refractivity contribution in [2.75, 3.05) is 0 Å². The number of rotatable bonds is 3. The van der Waals surface area contributed by atoms with Gasteiger partial charge in [-0.2, -0.15) is 0 Å². The van der Waals surface area contributed by atoms with Gasteiger partial charge in [0.2, 0.25) is 0 Å². The monoisotopic (exact) mass is 284 g/mol. The van der Waals surface area contributed by atoms with E-state index < -0.39 is 0 Å². The molecule has 0 saturated carbocycles. The minimum Gasteiger partial charge on any atom is -0.345 e. The van der Waals surface area contributed by atoms with Crippen LogP contribution in [0.2, 0.25) is 5.02 Å². The number of carbonyl (C=O) groups is 1. The molecule has 20 heavy (non-hydrogen) atoms. The third-order valence-electron chi connectivity index (χ3n) is 3.41. The lowest BCUT2D eigenvalue weighted by Crippen LogP contribution is -2.04. The summed E-state index contributed by atoms with van der Waals surface area (Å²) in [6.45, 7) is 2.04. The normalized spacial score (nSPS) is 10.9. The number of aromatic nitrogens is 2.